The summed E-state index contributed by atoms with van der Waals surface area (Å²) < 4.78 is 22.9. The van der Waals surface area contributed by atoms with Gasteiger partial charge in [0.2, 0.25) is 5.91 Å². The normalized spacial score (nSPS) is 33.8. The Labute approximate surface area is 117 Å². The first-order chi connectivity index (χ1) is 9.03. The summed E-state index contributed by atoms with van der Waals surface area (Å²) >= 11 is 1.41. The maximum absolute atomic E-state index is 12.1. The molecule has 1 aliphatic carbocycles. The van der Waals surface area contributed by atoms with Crippen LogP contribution >= 0.6 is 11.8 Å². The summed E-state index contributed by atoms with van der Waals surface area (Å²) in [5.74, 6) is 0.497. The molecule has 1 saturated carbocycles. The lowest BCUT2D eigenvalue weighted by Gasteiger charge is -2.20. The summed E-state index contributed by atoms with van der Waals surface area (Å²) in [5.41, 5.74) is 0. The SMILES string of the molecule is O=C(NC1=NC2CS(=O)(=O)CC2S1)C1CCCCC1. The van der Waals surface area contributed by atoms with E-state index in [-0.39, 0.29) is 34.6 Å². The second-order valence-electron chi connectivity index (χ2n) is 5.56. The molecule has 0 aromatic rings. The van der Waals surface area contributed by atoms with Gasteiger partial charge in [-0.15, -0.1) is 0 Å². The molecule has 19 heavy (non-hydrogen) atoms. The minimum absolute atomic E-state index is 0.00616. The van der Waals surface area contributed by atoms with Crippen LogP contribution in [0.2, 0.25) is 0 Å². The quantitative estimate of drug-likeness (QED) is 0.782. The highest BCUT2D eigenvalue weighted by molar-refractivity contribution is 8.15. The van der Waals surface area contributed by atoms with Crippen molar-refractivity contribution < 1.29 is 13.2 Å². The Morgan fingerprint density at radius 1 is 1.21 bits per heavy atom. The van der Waals surface area contributed by atoms with Gasteiger partial charge in [0.25, 0.3) is 0 Å². The fourth-order valence-electron chi connectivity index (χ4n) is 2.99. The van der Waals surface area contributed by atoms with Crippen molar-refractivity contribution in [1.82, 2.24) is 5.32 Å². The Kier molecular flexibility index (Phi) is 3.59. The van der Waals surface area contributed by atoms with Gasteiger partial charge in [-0.1, -0.05) is 31.0 Å². The van der Waals surface area contributed by atoms with Gasteiger partial charge in [-0.05, 0) is 12.8 Å². The van der Waals surface area contributed by atoms with Gasteiger partial charge in [0.15, 0.2) is 15.0 Å². The Bertz CT molecular complexity index is 509. The molecule has 1 amide bonds. The number of carbonyl (C=O) groups is 1. The first-order valence-corrected chi connectivity index (χ1v) is 9.49. The minimum Gasteiger partial charge on any atom is -0.305 e. The number of hydrogen-bond donors (Lipinski definition) is 1. The molecule has 3 aliphatic rings. The molecular formula is C12H18N2O3S2. The van der Waals surface area contributed by atoms with Crippen LogP contribution in [-0.4, -0.2) is 42.3 Å². The van der Waals surface area contributed by atoms with Crippen molar-refractivity contribution in [1.29, 1.82) is 0 Å². The lowest BCUT2D eigenvalue weighted by atomic mass is 9.89. The Morgan fingerprint density at radius 3 is 2.63 bits per heavy atom. The number of hydrogen-bond acceptors (Lipinski definition) is 5. The number of nitrogens with zero attached hydrogens (tertiary/aromatic N) is 1. The smallest absolute Gasteiger partial charge is 0.229 e. The van der Waals surface area contributed by atoms with Crippen molar-refractivity contribution in [2.24, 2.45) is 10.9 Å². The van der Waals surface area contributed by atoms with E-state index in [2.05, 4.69) is 10.3 Å². The molecule has 5 nitrogen and oxygen atoms in total. The molecule has 1 saturated heterocycles. The summed E-state index contributed by atoms with van der Waals surface area (Å²) in [6, 6.07) is -0.156. The van der Waals surface area contributed by atoms with E-state index in [4.69, 9.17) is 0 Å². The number of amidine groups is 1. The standard InChI is InChI=1S/C12H18N2O3S2/c15-11(8-4-2-1-3-5-8)14-12-13-9-6-19(16,17)7-10(9)18-12/h8-10H,1-7H2,(H,13,14,15). The average Bonchev–Trinajstić information content (AvgIpc) is 2.82. The highest BCUT2D eigenvalue weighted by Gasteiger charge is 2.43. The third-order valence-corrected chi connectivity index (χ3v) is 7.17. The third kappa shape index (κ3) is 2.97. The molecular weight excluding hydrogens is 284 g/mol. The summed E-state index contributed by atoms with van der Waals surface area (Å²) in [6.45, 7) is 0. The van der Waals surface area contributed by atoms with E-state index in [1.807, 2.05) is 0 Å². The zero-order valence-electron chi connectivity index (χ0n) is 10.7. The molecule has 0 aromatic carbocycles. The Morgan fingerprint density at radius 2 is 1.95 bits per heavy atom. The van der Waals surface area contributed by atoms with Crippen LogP contribution in [0.4, 0.5) is 0 Å². The van der Waals surface area contributed by atoms with Gasteiger partial charge >= 0.3 is 0 Å². The van der Waals surface area contributed by atoms with Crippen LogP contribution in [0.5, 0.6) is 0 Å². The molecule has 0 spiro atoms. The third-order valence-electron chi connectivity index (χ3n) is 4.02. The van der Waals surface area contributed by atoms with Crippen molar-refractivity contribution in [3.8, 4) is 0 Å². The predicted octanol–water partition coefficient (Wildman–Crippen LogP) is 0.951. The number of sulfone groups is 1. The molecule has 106 valence electrons. The van der Waals surface area contributed by atoms with Crippen LogP contribution in [0.1, 0.15) is 32.1 Å². The Hall–Kier alpha value is -0.560. The van der Waals surface area contributed by atoms with Crippen LogP contribution in [-0.2, 0) is 14.6 Å². The number of carbonyl (C=O) groups excluding carboxylic acids is 1. The maximum atomic E-state index is 12.1. The number of aliphatic imine (C=N–C) groups is 1. The van der Waals surface area contributed by atoms with Crippen molar-refractivity contribution in [3.63, 3.8) is 0 Å². The second-order valence-corrected chi connectivity index (χ2v) is 8.94. The first kappa shape index (κ1) is 13.4. The zero-order chi connectivity index (χ0) is 13.5. The van der Waals surface area contributed by atoms with Crippen LogP contribution in [0.3, 0.4) is 0 Å². The summed E-state index contributed by atoms with van der Waals surface area (Å²) in [6.07, 6.45) is 5.40. The molecule has 0 radical (unpaired) electrons. The van der Waals surface area contributed by atoms with Crippen molar-refractivity contribution in [3.05, 3.63) is 0 Å². The highest BCUT2D eigenvalue weighted by atomic mass is 32.2. The minimum atomic E-state index is -2.92. The van der Waals surface area contributed by atoms with Crippen molar-refractivity contribution in [2.45, 2.75) is 43.4 Å². The fourth-order valence-corrected chi connectivity index (χ4v) is 6.65. The fraction of sp³-hybridized carbons (Fsp3) is 0.833. The first-order valence-electron chi connectivity index (χ1n) is 6.79. The zero-order valence-corrected chi connectivity index (χ0v) is 12.3. The van der Waals surface area contributed by atoms with E-state index in [1.54, 1.807) is 0 Å². The van der Waals surface area contributed by atoms with Crippen LogP contribution in [0.15, 0.2) is 4.99 Å². The van der Waals surface area contributed by atoms with Gasteiger partial charge in [-0.3, -0.25) is 9.79 Å². The number of nitrogens with one attached hydrogen (secondary N) is 1. The number of thioether (sulfide) groups is 1. The van der Waals surface area contributed by atoms with E-state index in [1.165, 1.54) is 18.2 Å². The second kappa shape index (κ2) is 5.09. The van der Waals surface area contributed by atoms with Crippen molar-refractivity contribution in [2.75, 3.05) is 11.5 Å². The molecule has 2 atom stereocenters. The molecule has 1 N–H and O–H groups in total. The number of amides is 1. The number of fused-ring (bicyclic) bond motifs is 1. The van der Waals surface area contributed by atoms with E-state index < -0.39 is 9.84 Å². The average molecular weight is 302 g/mol. The molecule has 3 rings (SSSR count). The van der Waals surface area contributed by atoms with Gasteiger partial charge in [-0.25, -0.2) is 8.42 Å². The molecule has 2 fully saturated rings. The highest BCUT2D eigenvalue weighted by Crippen LogP contribution is 2.33. The summed E-state index contributed by atoms with van der Waals surface area (Å²) in [7, 11) is -2.92. The summed E-state index contributed by atoms with van der Waals surface area (Å²) in [4.78, 5) is 16.4. The molecule has 2 aliphatic heterocycles. The van der Waals surface area contributed by atoms with E-state index in [9.17, 15) is 13.2 Å². The van der Waals surface area contributed by atoms with Crippen LogP contribution in [0, 0.1) is 5.92 Å². The van der Waals surface area contributed by atoms with Gasteiger partial charge in [-0.2, -0.15) is 0 Å². The predicted molar refractivity (Wildman–Crippen MR) is 76.0 cm³/mol. The molecule has 0 bridgehead atoms. The monoisotopic (exact) mass is 302 g/mol. The van der Waals surface area contributed by atoms with Gasteiger partial charge in [0, 0.05) is 11.2 Å². The largest absolute Gasteiger partial charge is 0.305 e. The lowest BCUT2D eigenvalue weighted by molar-refractivity contribution is -0.124. The van der Waals surface area contributed by atoms with E-state index >= 15 is 0 Å². The van der Waals surface area contributed by atoms with Gasteiger partial charge in [0.05, 0.1) is 17.5 Å². The molecule has 2 heterocycles. The Balaban J connectivity index is 1.58. The van der Waals surface area contributed by atoms with Gasteiger partial charge < -0.3 is 5.32 Å². The van der Waals surface area contributed by atoms with Crippen LogP contribution in [0.25, 0.3) is 0 Å². The molecule has 2 unspecified atom stereocenters. The van der Waals surface area contributed by atoms with Crippen molar-refractivity contribution >= 4 is 32.7 Å². The number of rotatable bonds is 1. The lowest BCUT2D eigenvalue weighted by Crippen LogP contribution is -2.35. The van der Waals surface area contributed by atoms with E-state index in [0.29, 0.717) is 5.17 Å². The summed E-state index contributed by atoms with van der Waals surface area (Å²) in [5, 5.41) is 3.52. The molecule has 0 aromatic heterocycles. The topological polar surface area (TPSA) is 75.6 Å². The maximum Gasteiger partial charge on any atom is 0.229 e. The van der Waals surface area contributed by atoms with E-state index in [0.717, 1.165) is 25.7 Å². The molecule has 7 heteroatoms. The van der Waals surface area contributed by atoms with Gasteiger partial charge in [0.1, 0.15) is 0 Å². The van der Waals surface area contributed by atoms with Crippen LogP contribution < -0.4 is 5.32 Å².